The lowest BCUT2D eigenvalue weighted by molar-refractivity contribution is -0.113. The fourth-order valence-electron chi connectivity index (χ4n) is 0.766. The van der Waals surface area contributed by atoms with Gasteiger partial charge in [0.1, 0.15) is 0 Å². The number of hydrogen-bond donors (Lipinski definition) is 0. The molecule has 0 amide bonds. The van der Waals surface area contributed by atoms with Crippen molar-refractivity contribution in [3.63, 3.8) is 0 Å². The number of ether oxygens (including phenoxy) is 4. The van der Waals surface area contributed by atoms with Crippen LogP contribution in [0.5, 0.6) is 0 Å². The Hall–Kier alpha value is -0.810. The maximum atomic E-state index is 11.0. The fraction of sp³-hybridized carbons (Fsp3) is 0.889. The number of carbonyl (C=O) groups is 1. The Balaban J connectivity index is 3.62. The van der Waals surface area contributed by atoms with E-state index in [-0.39, 0.29) is 0 Å². The highest BCUT2D eigenvalue weighted by molar-refractivity contribution is 5.59. The summed E-state index contributed by atoms with van der Waals surface area (Å²) >= 11 is 0. The van der Waals surface area contributed by atoms with Crippen molar-refractivity contribution in [2.45, 2.75) is 26.1 Å². The van der Waals surface area contributed by atoms with Gasteiger partial charge in [0.05, 0.1) is 13.2 Å². The fourth-order valence-corrected chi connectivity index (χ4v) is 0.766. The van der Waals surface area contributed by atoms with Crippen LogP contribution < -0.4 is 0 Å². The summed E-state index contributed by atoms with van der Waals surface area (Å²) in [6, 6.07) is 0. The Morgan fingerprint density at radius 1 is 1.29 bits per heavy atom. The molecule has 0 aliphatic carbocycles. The third-order valence-corrected chi connectivity index (χ3v) is 1.47. The zero-order chi connectivity index (χ0) is 10.8. The van der Waals surface area contributed by atoms with Crippen LogP contribution in [0.1, 0.15) is 19.8 Å². The van der Waals surface area contributed by atoms with Crippen molar-refractivity contribution in [1.29, 1.82) is 0 Å². The monoisotopic (exact) mass is 206 g/mol. The number of hydrogen-bond acceptors (Lipinski definition) is 5. The van der Waals surface area contributed by atoms with Gasteiger partial charge in [0, 0.05) is 20.6 Å². The first-order chi connectivity index (χ1) is 6.74. The maximum absolute atomic E-state index is 11.0. The molecule has 0 spiro atoms. The van der Waals surface area contributed by atoms with Gasteiger partial charge in [0.25, 0.3) is 0 Å². The largest absolute Gasteiger partial charge is 0.510 e. The molecule has 84 valence electrons. The topological polar surface area (TPSA) is 54.0 Å². The Morgan fingerprint density at radius 2 is 2.00 bits per heavy atom. The molecule has 14 heavy (non-hydrogen) atoms. The summed E-state index contributed by atoms with van der Waals surface area (Å²) in [6.45, 7) is 2.74. The average molecular weight is 206 g/mol. The summed E-state index contributed by atoms with van der Waals surface area (Å²) in [6.07, 6.45) is -0.0342. The van der Waals surface area contributed by atoms with Crippen LogP contribution in [-0.4, -0.2) is 39.9 Å². The lowest BCUT2D eigenvalue weighted by atomic mass is 10.4. The maximum Gasteiger partial charge on any atom is 0.510 e. The van der Waals surface area contributed by atoms with Crippen LogP contribution in [0.4, 0.5) is 4.79 Å². The number of carbonyl (C=O) groups excluding carboxylic acids is 1. The van der Waals surface area contributed by atoms with Gasteiger partial charge in [0.2, 0.25) is 6.29 Å². The molecule has 0 radical (unpaired) electrons. The summed E-state index contributed by atoms with van der Waals surface area (Å²) in [5.41, 5.74) is 0. The van der Waals surface area contributed by atoms with Gasteiger partial charge in [-0.1, -0.05) is 6.92 Å². The average Bonchev–Trinajstić information content (AvgIpc) is 2.21. The lowest BCUT2D eigenvalue weighted by Crippen LogP contribution is -2.22. The molecule has 0 heterocycles. The first-order valence-corrected chi connectivity index (χ1v) is 4.59. The van der Waals surface area contributed by atoms with E-state index in [1.165, 1.54) is 7.11 Å². The normalized spacial score (nSPS) is 12.2. The molecule has 0 aliphatic rings. The molecule has 0 saturated carbocycles. The van der Waals surface area contributed by atoms with Gasteiger partial charge < -0.3 is 18.9 Å². The van der Waals surface area contributed by atoms with E-state index in [0.717, 1.165) is 6.42 Å². The molecule has 1 unspecified atom stereocenters. The van der Waals surface area contributed by atoms with E-state index in [4.69, 9.17) is 18.9 Å². The molecule has 0 bridgehead atoms. The molecule has 5 nitrogen and oxygen atoms in total. The van der Waals surface area contributed by atoms with Crippen molar-refractivity contribution < 1.29 is 23.7 Å². The molecule has 0 N–H and O–H groups in total. The molecule has 1 atom stereocenters. The summed E-state index contributed by atoms with van der Waals surface area (Å²) < 4.78 is 19.3. The molecule has 0 aromatic carbocycles. The van der Waals surface area contributed by atoms with Gasteiger partial charge >= 0.3 is 6.16 Å². The molecule has 0 rings (SSSR count). The van der Waals surface area contributed by atoms with E-state index in [1.54, 1.807) is 7.11 Å². The molecule has 0 saturated heterocycles. The van der Waals surface area contributed by atoms with Crippen molar-refractivity contribution in [1.82, 2.24) is 0 Å². The standard InChI is InChI=1S/C9H18O5/c1-4-6-13-9(10)14-8(12-3)5-7-11-2/h8H,4-7H2,1-3H3. The third-order valence-electron chi connectivity index (χ3n) is 1.47. The van der Waals surface area contributed by atoms with Crippen molar-refractivity contribution >= 4 is 6.16 Å². The molecule has 5 heteroatoms. The SMILES string of the molecule is CCCOC(=O)OC(CCOC)OC. The van der Waals surface area contributed by atoms with E-state index in [0.29, 0.717) is 19.6 Å². The predicted molar refractivity (Wildman–Crippen MR) is 50.0 cm³/mol. The smallest absolute Gasteiger partial charge is 0.434 e. The van der Waals surface area contributed by atoms with E-state index in [9.17, 15) is 4.79 Å². The molecular formula is C9H18O5. The molecule has 0 aliphatic heterocycles. The summed E-state index contributed by atoms with van der Waals surface area (Å²) in [7, 11) is 3.04. The molecule has 0 fully saturated rings. The van der Waals surface area contributed by atoms with Gasteiger partial charge in [-0.15, -0.1) is 0 Å². The van der Waals surface area contributed by atoms with Crippen LogP contribution in [-0.2, 0) is 18.9 Å². The number of methoxy groups -OCH3 is 2. The number of rotatable bonds is 7. The van der Waals surface area contributed by atoms with Crippen LogP contribution >= 0.6 is 0 Å². The first-order valence-electron chi connectivity index (χ1n) is 4.59. The Kier molecular flexibility index (Phi) is 8.27. The Labute approximate surface area is 84.3 Å². The van der Waals surface area contributed by atoms with Gasteiger partial charge in [-0.2, -0.15) is 0 Å². The summed E-state index contributed by atoms with van der Waals surface area (Å²) in [5, 5.41) is 0. The van der Waals surface area contributed by atoms with Gasteiger partial charge in [0.15, 0.2) is 0 Å². The predicted octanol–water partition coefficient (Wildman–Crippen LogP) is 1.56. The van der Waals surface area contributed by atoms with Crippen molar-refractivity contribution in [2.75, 3.05) is 27.4 Å². The first kappa shape index (κ1) is 13.2. The van der Waals surface area contributed by atoms with E-state index >= 15 is 0 Å². The third kappa shape index (κ3) is 6.68. The second-order valence-corrected chi connectivity index (χ2v) is 2.66. The van der Waals surface area contributed by atoms with Crippen LogP contribution in [0.2, 0.25) is 0 Å². The zero-order valence-corrected chi connectivity index (χ0v) is 8.95. The second-order valence-electron chi connectivity index (χ2n) is 2.66. The van der Waals surface area contributed by atoms with E-state index in [2.05, 4.69) is 0 Å². The van der Waals surface area contributed by atoms with E-state index in [1.807, 2.05) is 6.92 Å². The van der Waals surface area contributed by atoms with Gasteiger partial charge in [-0.05, 0) is 6.42 Å². The van der Waals surface area contributed by atoms with Crippen molar-refractivity contribution in [2.24, 2.45) is 0 Å². The lowest BCUT2D eigenvalue weighted by Gasteiger charge is -2.14. The highest BCUT2D eigenvalue weighted by atomic mass is 16.8. The van der Waals surface area contributed by atoms with Crippen LogP contribution in [0.15, 0.2) is 0 Å². The molecular weight excluding hydrogens is 188 g/mol. The summed E-state index contributed by atoms with van der Waals surface area (Å²) in [5.74, 6) is 0. The van der Waals surface area contributed by atoms with Crippen LogP contribution in [0.25, 0.3) is 0 Å². The van der Waals surface area contributed by atoms with Crippen molar-refractivity contribution in [3.8, 4) is 0 Å². The minimum Gasteiger partial charge on any atom is -0.434 e. The van der Waals surface area contributed by atoms with E-state index < -0.39 is 12.4 Å². The minimum atomic E-state index is -0.699. The highest BCUT2D eigenvalue weighted by Crippen LogP contribution is 2.02. The second kappa shape index (κ2) is 8.77. The van der Waals surface area contributed by atoms with Crippen molar-refractivity contribution in [3.05, 3.63) is 0 Å². The summed E-state index contributed by atoms with van der Waals surface area (Å²) in [4.78, 5) is 11.0. The zero-order valence-electron chi connectivity index (χ0n) is 8.95. The van der Waals surface area contributed by atoms with Crippen LogP contribution in [0.3, 0.4) is 0 Å². The molecule has 0 aromatic heterocycles. The molecule has 0 aromatic rings. The van der Waals surface area contributed by atoms with Crippen LogP contribution in [0, 0.1) is 0 Å². The van der Waals surface area contributed by atoms with Gasteiger partial charge in [-0.25, -0.2) is 4.79 Å². The Morgan fingerprint density at radius 3 is 2.50 bits per heavy atom. The quantitative estimate of drug-likeness (QED) is 0.467. The van der Waals surface area contributed by atoms with Gasteiger partial charge in [-0.3, -0.25) is 0 Å². The highest BCUT2D eigenvalue weighted by Gasteiger charge is 2.13. The Bertz CT molecular complexity index is 148. The minimum absolute atomic E-state index is 0.361.